The minimum absolute atomic E-state index is 0.0288. The number of carbonyl (C=O) groups excluding carboxylic acids is 9. The highest BCUT2D eigenvalue weighted by Gasteiger charge is 2.38. The quantitative estimate of drug-likeness (QED) is 0.0392. The zero-order chi connectivity index (χ0) is 57.8. The number of nitrogens with one attached hydrogen (secondary N) is 8. The molecule has 4 rings (SSSR count). The summed E-state index contributed by atoms with van der Waals surface area (Å²) in [6.45, 7) is 9.96. The van der Waals surface area contributed by atoms with E-state index < -0.39 is 132 Å². The van der Waals surface area contributed by atoms with Gasteiger partial charge in [-0.25, -0.2) is 9.78 Å². The fraction of sp³-hybridized carbons (Fsp3) is 0.528. The molecule has 0 spiro atoms. The molecule has 1 aliphatic heterocycles. The van der Waals surface area contributed by atoms with Gasteiger partial charge in [-0.2, -0.15) is 0 Å². The van der Waals surface area contributed by atoms with Gasteiger partial charge in [-0.15, -0.1) is 0 Å². The normalized spacial score (nSPS) is 16.3. The number of benzene rings is 2. The molecule has 2 aromatic carbocycles. The van der Waals surface area contributed by atoms with Crippen LogP contribution in [0.15, 0.2) is 61.1 Å². The van der Waals surface area contributed by atoms with Crippen LogP contribution >= 0.6 is 0 Å². The van der Waals surface area contributed by atoms with Gasteiger partial charge < -0.3 is 73.9 Å². The molecule has 0 aliphatic carbocycles. The zero-order valence-corrected chi connectivity index (χ0v) is 44.9. The number of primary amides is 1. The average molecular weight is 1090 g/mol. The summed E-state index contributed by atoms with van der Waals surface area (Å²) in [4.78, 5) is 143. The number of carboxylic acids is 1. The van der Waals surface area contributed by atoms with Crippen LogP contribution < -0.4 is 48.7 Å². The van der Waals surface area contributed by atoms with Crippen LogP contribution in [0.5, 0.6) is 11.5 Å². The van der Waals surface area contributed by atoms with E-state index in [-0.39, 0.29) is 62.5 Å². The Labute approximate surface area is 452 Å². The number of aromatic nitrogens is 2. The van der Waals surface area contributed by atoms with Crippen molar-refractivity contribution in [3.8, 4) is 11.5 Å². The number of nitrogens with zero attached hydrogens (tertiary/aromatic N) is 2. The number of amides is 9. The first-order chi connectivity index (χ1) is 36.9. The summed E-state index contributed by atoms with van der Waals surface area (Å²) >= 11 is 0. The molecule has 78 heavy (non-hydrogen) atoms. The van der Waals surface area contributed by atoms with Gasteiger partial charge in [0.25, 0.3) is 0 Å². The van der Waals surface area contributed by atoms with Crippen LogP contribution in [0, 0.1) is 17.8 Å². The Kier molecular flexibility index (Phi) is 24.0. The van der Waals surface area contributed by atoms with E-state index in [2.05, 4.69) is 47.2 Å². The maximum absolute atomic E-state index is 14.4. The summed E-state index contributed by atoms with van der Waals surface area (Å²) in [6, 6.07) is 1.54. The second kappa shape index (κ2) is 30.0. The zero-order valence-electron chi connectivity index (χ0n) is 44.9. The number of aromatic hydroxyl groups is 2. The molecule has 1 saturated heterocycles. The SMILES string of the molecule is CC[C@H](C)[C@H](NC(=O)[C@@H](NC(=O)[C@H](Cc1cnc[nH]1)NC(=O)[C@@H](N)Cc1ccc(O)cc1)C(C)C)C(=O)N[C@@H](CCC(N)=O)C(=O)N[C@@H](Cc1ccc(O)cc1)C(=O)N[C@@H](CC(C)C)C(=O)NCC(=O)N1CCC[C@H]1C(=O)O. The van der Waals surface area contributed by atoms with Crippen molar-refractivity contribution in [3.63, 3.8) is 0 Å². The maximum Gasteiger partial charge on any atom is 0.326 e. The van der Waals surface area contributed by atoms with Gasteiger partial charge in [0.05, 0.1) is 18.9 Å². The van der Waals surface area contributed by atoms with Gasteiger partial charge in [-0.1, -0.05) is 72.2 Å². The smallest absolute Gasteiger partial charge is 0.326 e. The van der Waals surface area contributed by atoms with Crippen LogP contribution in [-0.2, 0) is 67.2 Å². The summed E-state index contributed by atoms with van der Waals surface area (Å²) < 4.78 is 0. The number of aromatic amines is 1. The van der Waals surface area contributed by atoms with Gasteiger partial charge in [0, 0.05) is 37.7 Å². The van der Waals surface area contributed by atoms with Crippen molar-refractivity contribution in [2.75, 3.05) is 13.1 Å². The van der Waals surface area contributed by atoms with E-state index in [1.165, 1.54) is 53.8 Å². The van der Waals surface area contributed by atoms with Crippen molar-refractivity contribution in [3.05, 3.63) is 77.9 Å². The molecule has 0 saturated carbocycles. The average Bonchev–Trinajstić information content (AvgIpc) is 4.11. The lowest BCUT2D eigenvalue weighted by Gasteiger charge is -2.30. The van der Waals surface area contributed by atoms with Crippen LogP contribution in [0.25, 0.3) is 0 Å². The number of imidazole rings is 1. The topological polar surface area (TPSA) is 400 Å². The molecule has 9 atom stereocenters. The highest BCUT2D eigenvalue weighted by molar-refractivity contribution is 5.98. The Morgan fingerprint density at radius 3 is 1.76 bits per heavy atom. The molecule has 2 heterocycles. The molecule has 25 nitrogen and oxygen atoms in total. The number of carboxylic acid groups (broad SMARTS) is 1. The Balaban J connectivity index is 1.54. The van der Waals surface area contributed by atoms with Gasteiger partial charge in [-0.3, -0.25) is 43.2 Å². The van der Waals surface area contributed by atoms with Crippen LogP contribution in [0.1, 0.15) is 96.9 Å². The van der Waals surface area contributed by atoms with E-state index >= 15 is 0 Å². The van der Waals surface area contributed by atoms with E-state index in [1.54, 1.807) is 53.7 Å². The molecule has 1 aliphatic rings. The monoisotopic (exact) mass is 1090 g/mol. The number of hydrogen-bond acceptors (Lipinski definition) is 14. The molecule has 3 aromatic rings. The molecule has 25 heteroatoms. The van der Waals surface area contributed by atoms with E-state index in [9.17, 15) is 63.3 Å². The number of aliphatic carboxylic acids is 1. The molecule has 9 amide bonds. The van der Waals surface area contributed by atoms with Crippen LogP contribution in [0.4, 0.5) is 0 Å². The molecule has 1 fully saturated rings. The van der Waals surface area contributed by atoms with E-state index in [0.29, 0.717) is 29.7 Å². The fourth-order valence-electron chi connectivity index (χ4n) is 8.67. The highest BCUT2D eigenvalue weighted by atomic mass is 16.4. The van der Waals surface area contributed by atoms with Gasteiger partial charge >= 0.3 is 5.97 Å². The highest BCUT2D eigenvalue weighted by Crippen LogP contribution is 2.19. The standard InChI is InChI=1S/C53H76N12O13/c1-7-30(6)45(64-51(75)44(29(4)5)63-50(74)40(24-33-25-56-27-58-33)60-46(70)36(54)22-31-10-14-34(66)15-11-31)52(76)59-37(18-19-42(55)68)48(72)62-39(23-32-12-16-35(67)17-13-32)49(73)61-38(21-28(2)3)47(71)57-26-43(69)65-20-8-9-41(65)53(77)78/h10-17,25,27-30,36-41,44-45,66-67H,7-9,18-24,26,54H2,1-6H3,(H2,55,68)(H,56,58)(H,57,71)(H,59,76)(H,60,70)(H,61,73)(H,62,72)(H,63,74)(H,64,75)(H,77,78)/t30-,36-,37-,38-,39-,40-,41-,44-,45-/m0/s1. The molecular weight excluding hydrogens is 1010 g/mol. The van der Waals surface area contributed by atoms with Crippen LogP contribution in [0.2, 0.25) is 0 Å². The van der Waals surface area contributed by atoms with Crippen molar-refractivity contribution in [1.82, 2.24) is 52.1 Å². The largest absolute Gasteiger partial charge is 0.508 e. The van der Waals surface area contributed by atoms with Gasteiger partial charge in [0.15, 0.2) is 0 Å². The van der Waals surface area contributed by atoms with Gasteiger partial charge in [-0.05, 0) is 85.3 Å². The Hall–Kier alpha value is -8.09. The second-order valence-electron chi connectivity index (χ2n) is 20.4. The third kappa shape index (κ3) is 19.5. The fourth-order valence-corrected chi connectivity index (χ4v) is 8.67. The molecular formula is C53H76N12O13. The summed E-state index contributed by atoms with van der Waals surface area (Å²) in [5.74, 6) is -9.69. The molecule has 1 aromatic heterocycles. The first-order valence-electron chi connectivity index (χ1n) is 26.1. The predicted molar refractivity (Wildman–Crippen MR) is 283 cm³/mol. The van der Waals surface area contributed by atoms with Crippen LogP contribution in [0.3, 0.4) is 0 Å². The van der Waals surface area contributed by atoms with Crippen molar-refractivity contribution in [1.29, 1.82) is 0 Å². The minimum atomic E-state index is -1.54. The van der Waals surface area contributed by atoms with Crippen molar-refractivity contribution in [2.45, 2.75) is 148 Å². The van der Waals surface area contributed by atoms with Crippen LogP contribution in [-0.4, -0.2) is 151 Å². The predicted octanol–water partition coefficient (Wildman–Crippen LogP) is -0.710. The lowest BCUT2D eigenvalue weighted by molar-refractivity contribution is -0.148. The first kappa shape index (κ1) is 62.4. The van der Waals surface area contributed by atoms with Gasteiger partial charge in [0.2, 0.25) is 53.2 Å². The summed E-state index contributed by atoms with van der Waals surface area (Å²) in [5, 5.41) is 47.7. The van der Waals surface area contributed by atoms with Crippen molar-refractivity contribution < 1.29 is 63.3 Å². The van der Waals surface area contributed by atoms with Crippen molar-refractivity contribution >= 4 is 59.1 Å². The third-order valence-corrected chi connectivity index (χ3v) is 13.3. The number of phenolic OH excluding ortho intramolecular Hbond substituents is 2. The van der Waals surface area contributed by atoms with Gasteiger partial charge in [0.1, 0.15) is 53.8 Å². The summed E-state index contributed by atoms with van der Waals surface area (Å²) in [6.07, 6.45) is 3.01. The molecule has 15 N–H and O–H groups in total. The number of carbonyl (C=O) groups is 10. The lowest BCUT2D eigenvalue weighted by atomic mass is 9.95. The third-order valence-electron chi connectivity index (χ3n) is 13.3. The second-order valence-corrected chi connectivity index (χ2v) is 20.4. The number of likely N-dealkylation sites (tertiary alicyclic amines) is 1. The molecule has 0 radical (unpaired) electrons. The minimum Gasteiger partial charge on any atom is -0.508 e. The van der Waals surface area contributed by atoms with E-state index in [0.717, 1.165) is 0 Å². The summed E-state index contributed by atoms with van der Waals surface area (Å²) in [5.41, 5.74) is 13.3. The van der Waals surface area contributed by atoms with Crippen molar-refractivity contribution in [2.24, 2.45) is 29.2 Å². The number of H-pyrrole nitrogens is 1. The first-order valence-corrected chi connectivity index (χ1v) is 26.1. The van der Waals surface area contributed by atoms with E-state index in [4.69, 9.17) is 11.5 Å². The number of nitrogens with two attached hydrogens (primary N) is 2. The number of hydrogen-bond donors (Lipinski definition) is 13. The molecule has 0 bridgehead atoms. The Morgan fingerprint density at radius 1 is 0.679 bits per heavy atom. The maximum atomic E-state index is 14.4. The Morgan fingerprint density at radius 2 is 1.21 bits per heavy atom. The van der Waals surface area contributed by atoms with E-state index in [1.807, 2.05) is 0 Å². The Bertz CT molecular complexity index is 2540. The molecule has 0 unspecified atom stereocenters. The summed E-state index contributed by atoms with van der Waals surface area (Å²) in [7, 11) is 0. The molecule has 426 valence electrons. The number of rotatable bonds is 30. The lowest BCUT2D eigenvalue weighted by Crippen LogP contribution is -2.62. The number of phenols is 2.